The molecule has 1 amide bonds. The molecule has 0 atom stereocenters. The number of carbonyl (C=O) groups is 1. The number of thioether (sulfide) groups is 1. The normalized spacial score (nSPS) is 16.3. The summed E-state index contributed by atoms with van der Waals surface area (Å²) in [7, 11) is 0. The van der Waals surface area contributed by atoms with E-state index in [1.807, 2.05) is 30.3 Å². The van der Waals surface area contributed by atoms with Crippen molar-refractivity contribution in [2.24, 2.45) is 0 Å². The van der Waals surface area contributed by atoms with Crippen LogP contribution in [0, 0.1) is 5.82 Å². The van der Waals surface area contributed by atoms with Crippen molar-refractivity contribution in [3.05, 3.63) is 65.5 Å². The average molecular weight is 388 g/mol. The Hall–Kier alpha value is -1.85. The molecule has 1 aliphatic rings. The number of nitrogens with one attached hydrogen (secondary N) is 1. The molecule has 3 nitrogen and oxygen atoms in total. The fraction of sp³-hybridized carbons (Fsp3) is 0.409. The minimum absolute atomic E-state index is 0.0987. The molecule has 1 aliphatic heterocycles. The molecule has 0 saturated carbocycles. The Labute approximate surface area is 164 Å². The largest absolute Gasteiger partial charge is 0.381 e. The SMILES string of the molecule is CC(C)Sc1ccc(C(=O)NCC2(c3cccc(F)c3)CCOCC2)cc1. The van der Waals surface area contributed by atoms with Gasteiger partial charge in [-0.3, -0.25) is 4.79 Å². The van der Waals surface area contributed by atoms with Gasteiger partial charge in [-0.05, 0) is 54.8 Å². The van der Waals surface area contributed by atoms with Crippen LogP contribution in [0.2, 0.25) is 0 Å². The fourth-order valence-corrected chi connectivity index (χ4v) is 4.29. The zero-order chi connectivity index (χ0) is 19.3. The molecule has 0 aliphatic carbocycles. The summed E-state index contributed by atoms with van der Waals surface area (Å²) in [6, 6.07) is 14.4. The highest BCUT2D eigenvalue weighted by Gasteiger charge is 2.35. The standard InChI is InChI=1S/C22H26FNO2S/c1-16(2)27-20-8-6-17(7-9-20)21(25)24-15-22(10-12-26-13-11-22)18-4-3-5-19(23)14-18/h3-9,14,16H,10-13,15H2,1-2H3,(H,24,25). The molecule has 0 unspecified atom stereocenters. The maximum atomic E-state index is 13.8. The summed E-state index contributed by atoms with van der Waals surface area (Å²) in [6.45, 7) is 6.00. The Morgan fingerprint density at radius 3 is 2.52 bits per heavy atom. The molecule has 1 saturated heterocycles. The predicted molar refractivity (Wildman–Crippen MR) is 108 cm³/mol. The van der Waals surface area contributed by atoms with Gasteiger partial charge in [0.05, 0.1) is 0 Å². The summed E-state index contributed by atoms with van der Waals surface area (Å²) in [6.07, 6.45) is 1.53. The topological polar surface area (TPSA) is 38.3 Å². The van der Waals surface area contributed by atoms with Crippen molar-refractivity contribution >= 4 is 17.7 Å². The van der Waals surface area contributed by atoms with E-state index >= 15 is 0 Å². The maximum Gasteiger partial charge on any atom is 0.251 e. The van der Waals surface area contributed by atoms with Gasteiger partial charge in [0.25, 0.3) is 5.91 Å². The Morgan fingerprint density at radius 1 is 1.19 bits per heavy atom. The highest BCUT2D eigenvalue weighted by molar-refractivity contribution is 7.99. The lowest BCUT2D eigenvalue weighted by atomic mass is 9.74. The molecule has 1 N–H and O–H groups in total. The van der Waals surface area contributed by atoms with E-state index in [0.29, 0.717) is 30.6 Å². The third-order valence-electron chi connectivity index (χ3n) is 4.96. The molecule has 3 rings (SSSR count). The van der Waals surface area contributed by atoms with Crippen molar-refractivity contribution in [1.82, 2.24) is 5.32 Å². The molecule has 1 fully saturated rings. The molecule has 1 heterocycles. The van der Waals surface area contributed by atoms with Crippen LogP contribution in [0.1, 0.15) is 42.6 Å². The Bertz CT molecular complexity index is 770. The van der Waals surface area contributed by atoms with E-state index in [9.17, 15) is 9.18 Å². The van der Waals surface area contributed by atoms with Gasteiger partial charge in [0.15, 0.2) is 0 Å². The Balaban J connectivity index is 1.71. The zero-order valence-electron chi connectivity index (χ0n) is 15.8. The molecule has 0 bridgehead atoms. The molecule has 27 heavy (non-hydrogen) atoms. The highest BCUT2D eigenvalue weighted by Crippen LogP contribution is 2.34. The molecule has 144 valence electrons. The predicted octanol–water partition coefficient (Wildman–Crippen LogP) is 4.80. The van der Waals surface area contributed by atoms with Gasteiger partial charge in [0.2, 0.25) is 0 Å². The summed E-state index contributed by atoms with van der Waals surface area (Å²) in [5, 5.41) is 3.57. The van der Waals surface area contributed by atoms with E-state index in [2.05, 4.69) is 19.2 Å². The van der Waals surface area contributed by atoms with Gasteiger partial charge in [0.1, 0.15) is 5.82 Å². The van der Waals surface area contributed by atoms with Gasteiger partial charge < -0.3 is 10.1 Å². The summed E-state index contributed by atoms with van der Waals surface area (Å²) < 4.78 is 19.3. The van der Waals surface area contributed by atoms with Crippen molar-refractivity contribution in [2.75, 3.05) is 19.8 Å². The number of hydrogen-bond acceptors (Lipinski definition) is 3. The lowest BCUT2D eigenvalue weighted by Crippen LogP contribution is -2.44. The Kier molecular flexibility index (Phi) is 6.55. The third kappa shape index (κ3) is 5.11. The van der Waals surface area contributed by atoms with E-state index in [1.165, 1.54) is 6.07 Å². The maximum absolute atomic E-state index is 13.8. The van der Waals surface area contributed by atoms with Crippen LogP contribution < -0.4 is 5.32 Å². The van der Waals surface area contributed by atoms with Gasteiger partial charge in [0, 0.05) is 40.9 Å². The number of amides is 1. The van der Waals surface area contributed by atoms with Crippen molar-refractivity contribution in [1.29, 1.82) is 0 Å². The first-order valence-corrected chi connectivity index (χ1v) is 10.3. The van der Waals surface area contributed by atoms with Gasteiger partial charge in [-0.15, -0.1) is 11.8 Å². The second-order valence-electron chi connectivity index (χ2n) is 7.28. The molecule has 5 heteroatoms. The molecule has 0 spiro atoms. The number of rotatable bonds is 6. The molecule has 2 aromatic rings. The molecule has 0 radical (unpaired) electrons. The quantitative estimate of drug-likeness (QED) is 0.723. The van der Waals surface area contributed by atoms with Gasteiger partial charge >= 0.3 is 0 Å². The van der Waals surface area contributed by atoms with Crippen molar-refractivity contribution in [2.45, 2.75) is 42.2 Å². The van der Waals surface area contributed by atoms with Crippen LogP contribution in [0.4, 0.5) is 4.39 Å². The monoisotopic (exact) mass is 387 g/mol. The van der Waals surface area contributed by atoms with Crippen LogP contribution in [0.3, 0.4) is 0 Å². The lowest BCUT2D eigenvalue weighted by molar-refractivity contribution is 0.0486. The van der Waals surface area contributed by atoms with E-state index in [0.717, 1.165) is 23.3 Å². The summed E-state index contributed by atoms with van der Waals surface area (Å²) in [5.74, 6) is -0.346. The van der Waals surface area contributed by atoms with Crippen LogP contribution in [-0.4, -0.2) is 30.9 Å². The Morgan fingerprint density at radius 2 is 1.89 bits per heavy atom. The van der Waals surface area contributed by atoms with Crippen molar-refractivity contribution < 1.29 is 13.9 Å². The van der Waals surface area contributed by atoms with Crippen molar-refractivity contribution in [3.63, 3.8) is 0 Å². The van der Waals surface area contributed by atoms with E-state index < -0.39 is 0 Å². The van der Waals surface area contributed by atoms with Crippen LogP contribution >= 0.6 is 11.8 Å². The number of halogens is 1. The van der Waals surface area contributed by atoms with E-state index in [4.69, 9.17) is 4.74 Å². The van der Waals surface area contributed by atoms with Crippen LogP contribution in [0.5, 0.6) is 0 Å². The van der Waals surface area contributed by atoms with Crippen LogP contribution in [0.25, 0.3) is 0 Å². The molecular formula is C22H26FNO2S. The smallest absolute Gasteiger partial charge is 0.251 e. The summed E-state index contributed by atoms with van der Waals surface area (Å²) >= 11 is 1.77. The zero-order valence-corrected chi connectivity index (χ0v) is 16.7. The van der Waals surface area contributed by atoms with Crippen LogP contribution in [-0.2, 0) is 10.2 Å². The summed E-state index contributed by atoms with van der Waals surface area (Å²) in [5.41, 5.74) is 1.28. The first-order chi connectivity index (χ1) is 13.0. The average Bonchev–Trinajstić information content (AvgIpc) is 2.67. The van der Waals surface area contributed by atoms with Gasteiger partial charge in [-0.2, -0.15) is 0 Å². The number of hydrogen-bond donors (Lipinski definition) is 1. The van der Waals surface area contributed by atoms with Crippen molar-refractivity contribution in [3.8, 4) is 0 Å². The molecular weight excluding hydrogens is 361 g/mol. The highest BCUT2D eigenvalue weighted by atomic mass is 32.2. The van der Waals surface area contributed by atoms with Crippen LogP contribution in [0.15, 0.2) is 53.4 Å². The second-order valence-corrected chi connectivity index (χ2v) is 8.93. The van der Waals surface area contributed by atoms with Gasteiger partial charge in [-0.1, -0.05) is 26.0 Å². The molecule has 2 aromatic carbocycles. The van der Waals surface area contributed by atoms with E-state index in [-0.39, 0.29) is 17.1 Å². The summed E-state index contributed by atoms with van der Waals surface area (Å²) in [4.78, 5) is 13.8. The lowest BCUT2D eigenvalue weighted by Gasteiger charge is -2.38. The van der Waals surface area contributed by atoms with Gasteiger partial charge in [-0.25, -0.2) is 4.39 Å². The molecule has 0 aromatic heterocycles. The first kappa shape index (κ1) is 19.9. The number of ether oxygens (including phenoxy) is 1. The van der Waals surface area contributed by atoms with E-state index in [1.54, 1.807) is 23.9 Å². The second kappa shape index (κ2) is 8.89. The number of benzene rings is 2. The number of carbonyl (C=O) groups excluding carboxylic acids is 1. The first-order valence-electron chi connectivity index (χ1n) is 9.37. The third-order valence-corrected chi connectivity index (χ3v) is 5.98. The fourth-order valence-electron chi connectivity index (χ4n) is 3.46. The minimum Gasteiger partial charge on any atom is -0.381 e. The minimum atomic E-state index is -0.288.